The van der Waals surface area contributed by atoms with Crippen molar-refractivity contribution < 1.29 is 5.11 Å². The van der Waals surface area contributed by atoms with Gasteiger partial charge in [-0.05, 0) is 56.6 Å². The van der Waals surface area contributed by atoms with E-state index in [1.807, 2.05) is 18.2 Å². The predicted octanol–water partition coefficient (Wildman–Crippen LogP) is 4.08. The highest BCUT2D eigenvalue weighted by Gasteiger charge is 2.07. The number of phenolic OH excluding ortho intramolecular Hbond substituents is 1. The lowest BCUT2D eigenvalue weighted by molar-refractivity contribution is 0.265. The smallest absolute Gasteiger partial charge is 0.115 e. The normalized spacial score (nSPS) is 12.8. The second-order valence-electron chi connectivity index (χ2n) is 6.53. The molecule has 0 aromatic heterocycles. The molecule has 0 amide bonds. The molecule has 0 radical (unpaired) electrons. The SMILES string of the molecule is CC(C)N(C)Cc1cccc(CN[C@H](C)c2cccc(O)c2)c1. The van der Waals surface area contributed by atoms with Crippen LogP contribution in [0.1, 0.15) is 43.5 Å². The largest absolute Gasteiger partial charge is 0.508 e. The molecule has 0 aliphatic carbocycles. The highest BCUT2D eigenvalue weighted by molar-refractivity contribution is 5.29. The fraction of sp³-hybridized carbons (Fsp3) is 0.400. The number of nitrogens with zero attached hydrogens (tertiary/aromatic N) is 1. The van der Waals surface area contributed by atoms with Gasteiger partial charge in [-0.1, -0.05) is 36.4 Å². The predicted molar refractivity (Wildman–Crippen MR) is 96.4 cm³/mol. The number of hydrogen-bond acceptors (Lipinski definition) is 3. The molecule has 2 aromatic rings. The van der Waals surface area contributed by atoms with E-state index in [-0.39, 0.29) is 6.04 Å². The molecule has 3 nitrogen and oxygen atoms in total. The van der Waals surface area contributed by atoms with E-state index in [2.05, 4.69) is 62.3 Å². The molecule has 0 fully saturated rings. The van der Waals surface area contributed by atoms with Crippen LogP contribution < -0.4 is 5.32 Å². The number of aromatic hydroxyl groups is 1. The fourth-order valence-corrected chi connectivity index (χ4v) is 2.49. The van der Waals surface area contributed by atoms with Crippen LogP contribution >= 0.6 is 0 Å². The third-order valence-corrected chi connectivity index (χ3v) is 4.29. The van der Waals surface area contributed by atoms with Gasteiger partial charge < -0.3 is 10.4 Å². The number of phenols is 1. The Labute approximate surface area is 140 Å². The first-order chi connectivity index (χ1) is 11.0. The van der Waals surface area contributed by atoms with Gasteiger partial charge in [0.25, 0.3) is 0 Å². The zero-order chi connectivity index (χ0) is 16.8. The summed E-state index contributed by atoms with van der Waals surface area (Å²) in [7, 11) is 2.15. The van der Waals surface area contributed by atoms with Crippen molar-refractivity contribution in [3.63, 3.8) is 0 Å². The molecule has 2 N–H and O–H groups in total. The summed E-state index contributed by atoms with van der Waals surface area (Å²) in [6.07, 6.45) is 0. The van der Waals surface area contributed by atoms with Crippen LogP contribution in [0.2, 0.25) is 0 Å². The molecule has 3 heteroatoms. The summed E-state index contributed by atoms with van der Waals surface area (Å²) < 4.78 is 0. The maximum absolute atomic E-state index is 9.58. The quantitative estimate of drug-likeness (QED) is 0.808. The number of benzene rings is 2. The molecule has 124 valence electrons. The molecule has 2 aromatic carbocycles. The third kappa shape index (κ3) is 5.38. The standard InChI is InChI=1S/C20H28N2O/c1-15(2)22(4)14-18-8-5-7-17(11-18)13-21-16(3)19-9-6-10-20(23)12-19/h5-12,15-16,21,23H,13-14H2,1-4H3/t16-/m1/s1. The van der Waals surface area contributed by atoms with E-state index in [1.54, 1.807) is 6.07 Å². The molecule has 1 atom stereocenters. The van der Waals surface area contributed by atoms with Gasteiger partial charge in [0.05, 0.1) is 0 Å². The van der Waals surface area contributed by atoms with Crippen molar-refractivity contribution in [2.24, 2.45) is 0 Å². The summed E-state index contributed by atoms with van der Waals surface area (Å²) in [5.74, 6) is 0.315. The van der Waals surface area contributed by atoms with Crippen molar-refractivity contribution in [3.05, 3.63) is 65.2 Å². The number of nitrogens with one attached hydrogen (secondary N) is 1. The Hall–Kier alpha value is -1.84. The minimum Gasteiger partial charge on any atom is -0.508 e. The van der Waals surface area contributed by atoms with E-state index >= 15 is 0 Å². The average Bonchev–Trinajstić information content (AvgIpc) is 2.53. The maximum Gasteiger partial charge on any atom is 0.115 e. The Balaban J connectivity index is 1.95. The topological polar surface area (TPSA) is 35.5 Å². The van der Waals surface area contributed by atoms with E-state index in [4.69, 9.17) is 0 Å². The van der Waals surface area contributed by atoms with Gasteiger partial charge >= 0.3 is 0 Å². The van der Waals surface area contributed by atoms with Crippen molar-refractivity contribution >= 4 is 0 Å². The van der Waals surface area contributed by atoms with Gasteiger partial charge in [-0.25, -0.2) is 0 Å². The molecule has 0 bridgehead atoms. The first-order valence-corrected chi connectivity index (χ1v) is 8.26. The maximum atomic E-state index is 9.58. The molecule has 0 saturated heterocycles. The lowest BCUT2D eigenvalue weighted by Crippen LogP contribution is -2.25. The van der Waals surface area contributed by atoms with E-state index in [0.29, 0.717) is 11.8 Å². The fourth-order valence-electron chi connectivity index (χ4n) is 2.49. The Morgan fingerprint density at radius 2 is 1.70 bits per heavy atom. The Kier molecular flexibility index (Phi) is 6.20. The summed E-state index contributed by atoms with van der Waals surface area (Å²) in [5, 5.41) is 13.1. The average molecular weight is 312 g/mol. The first-order valence-electron chi connectivity index (χ1n) is 8.26. The summed E-state index contributed by atoms with van der Waals surface area (Å²) in [4.78, 5) is 2.34. The highest BCUT2D eigenvalue weighted by Crippen LogP contribution is 2.18. The molecule has 0 saturated carbocycles. The number of hydrogen-bond donors (Lipinski definition) is 2. The molecular formula is C20H28N2O. The Morgan fingerprint density at radius 3 is 2.39 bits per heavy atom. The number of rotatable bonds is 7. The molecule has 2 rings (SSSR count). The zero-order valence-corrected chi connectivity index (χ0v) is 14.6. The minimum atomic E-state index is 0.198. The molecule has 0 aliphatic rings. The van der Waals surface area contributed by atoms with Crippen LogP contribution in [0.3, 0.4) is 0 Å². The second-order valence-corrected chi connectivity index (χ2v) is 6.53. The van der Waals surface area contributed by atoms with Gasteiger partial charge in [0.15, 0.2) is 0 Å². The van der Waals surface area contributed by atoms with Crippen molar-refractivity contribution in [1.82, 2.24) is 10.2 Å². The highest BCUT2D eigenvalue weighted by atomic mass is 16.3. The van der Waals surface area contributed by atoms with Crippen LogP contribution in [0, 0.1) is 0 Å². The molecule has 0 aliphatic heterocycles. The summed E-state index contributed by atoms with van der Waals surface area (Å²) in [5.41, 5.74) is 3.72. The lowest BCUT2D eigenvalue weighted by Gasteiger charge is -2.21. The van der Waals surface area contributed by atoms with Crippen LogP contribution in [0.25, 0.3) is 0 Å². The van der Waals surface area contributed by atoms with E-state index in [1.165, 1.54) is 11.1 Å². The van der Waals surface area contributed by atoms with Gasteiger partial charge in [0.1, 0.15) is 5.75 Å². The zero-order valence-electron chi connectivity index (χ0n) is 14.6. The van der Waals surface area contributed by atoms with Crippen molar-refractivity contribution in [3.8, 4) is 5.75 Å². The van der Waals surface area contributed by atoms with Gasteiger partial charge in [0.2, 0.25) is 0 Å². The summed E-state index contributed by atoms with van der Waals surface area (Å²) in [6, 6.07) is 16.9. The molecule has 0 unspecified atom stereocenters. The Morgan fingerprint density at radius 1 is 1.00 bits per heavy atom. The van der Waals surface area contributed by atoms with Crippen LogP contribution in [0.5, 0.6) is 5.75 Å². The van der Waals surface area contributed by atoms with E-state index < -0.39 is 0 Å². The summed E-state index contributed by atoms with van der Waals surface area (Å²) >= 11 is 0. The van der Waals surface area contributed by atoms with E-state index in [0.717, 1.165) is 18.7 Å². The van der Waals surface area contributed by atoms with Crippen LogP contribution in [-0.4, -0.2) is 23.1 Å². The molecular weight excluding hydrogens is 284 g/mol. The summed E-state index contributed by atoms with van der Waals surface area (Å²) in [6.45, 7) is 8.32. The Bertz CT molecular complexity index is 625. The van der Waals surface area contributed by atoms with Crippen molar-refractivity contribution in [1.29, 1.82) is 0 Å². The van der Waals surface area contributed by atoms with Crippen LogP contribution in [-0.2, 0) is 13.1 Å². The van der Waals surface area contributed by atoms with Gasteiger partial charge in [-0.2, -0.15) is 0 Å². The van der Waals surface area contributed by atoms with E-state index in [9.17, 15) is 5.11 Å². The van der Waals surface area contributed by atoms with Crippen LogP contribution in [0.4, 0.5) is 0 Å². The molecule has 23 heavy (non-hydrogen) atoms. The van der Waals surface area contributed by atoms with Crippen molar-refractivity contribution in [2.45, 2.75) is 45.9 Å². The van der Waals surface area contributed by atoms with Gasteiger partial charge in [0, 0.05) is 25.2 Å². The molecule has 0 spiro atoms. The van der Waals surface area contributed by atoms with Crippen molar-refractivity contribution in [2.75, 3.05) is 7.05 Å². The van der Waals surface area contributed by atoms with Gasteiger partial charge in [-0.15, -0.1) is 0 Å². The monoisotopic (exact) mass is 312 g/mol. The first kappa shape index (κ1) is 17.5. The molecule has 0 heterocycles. The third-order valence-electron chi connectivity index (χ3n) is 4.29. The lowest BCUT2D eigenvalue weighted by atomic mass is 10.1. The van der Waals surface area contributed by atoms with Crippen LogP contribution in [0.15, 0.2) is 48.5 Å². The van der Waals surface area contributed by atoms with Gasteiger partial charge in [-0.3, -0.25) is 4.90 Å². The second kappa shape index (κ2) is 8.14. The minimum absolute atomic E-state index is 0.198.